The predicted octanol–water partition coefficient (Wildman–Crippen LogP) is 2.96. The van der Waals surface area contributed by atoms with E-state index in [1.807, 2.05) is 25.1 Å². The van der Waals surface area contributed by atoms with E-state index in [9.17, 15) is 18.4 Å². The lowest BCUT2D eigenvalue weighted by Crippen LogP contribution is -2.42. The molecule has 0 saturated heterocycles. The molecule has 0 aromatic heterocycles. The second kappa shape index (κ2) is 7.68. The van der Waals surface area contributed by atoms with E-state index < -0.39 is 23.6 Å². The largest absolute Gasteiger partial charge is 0.344 e. The third kappa shape index (κ3) is 5.15. The van der Waals surface area contributed by atoms with E-state index in [0.717, 1.165) is 23.8 Å². The Morgan fingerprint density at radius 2 is 1.75 bits per heavy atom. The van der Waals surface area contributed by atoms with Crippen LogP contribution < -0.4 is 10.6 Å². The van der Waals surface area contributed by atoms with Crippen molar-refractivity contribution in [3.63, 3.8) is 0 Å². The maximum atomic E-state index is 13.1. The molecule has 126 valence electrons. The molecule has 6 heteroatoms. The van der Waals surface area contributed by atoms with Gasteiger partial charge in [-0.15, -0.1) is 0 Å². The molecular formula is C18H18F2N2O2. The van der Waals surface area contributed by atoms with Gasteiger partial charge in [0.2, 0.25) is 11.8 Å². The molecule has 0 heterocycles. The summed E-state index contributed by atoms with van der Waals surface area (Å²) in [6.45, 7) is 3.44. The molecule has 0 saturated carbocycles. The zero-order valence-electron chi connectivity index (χ0n) is 13.4. The lowest BCUT2D eigenvalue weighted by molar-refractivity contribution is -0.125. The van der Waals surface area contributed by atoms with Gasteiger partial charge in [0.15, 0.2) is 0 Å². The number of carbonyl (C=O) groups excluding carboxylic acids is 2. The molecule has 0 fully saturated rings. The van der Waals surface area contributed by atoms with Crippen molar-refractivity contribution in [3.05, 3.63) is 65.2 Å². The van der Waals surface area contributed by atoms with Crippen LogP contribution in [0.3, 0.4) is 0 Å². The summed E-state index contributed by atoms with van der Waals surface area (Å²) in [6.07, 6.45) is -0.212. The third-order valence-corrected chi connectivity index (χ3v) is 3.34. The summed E-state index contributed by atoms with van der Waals surface area (Å²) in [6, 6.07) is 9.39. The highest BCUT2D eigenvalue weighted by molar-refractivity contribution is 5.97. The Morgan fingerprint density at radius 3 is 2.38 bits per heavy atom. The monoisotopic (exact) mass is 332 g/mol. The molecule has 2 amide bonds. The van der Waals surface area contributed by atoms with Crippen molar-refractivity contribution in [2.24, 2.45) is 0 Å². The predicted molar refractivity (Wildman–Crippen MR) is 87.5 cm³/mol. The van der Waals surface area contributed by atoms with Crippen LogP contribution in [0, 0.1) is 18.6 Å². The van der Waals surface area contributed by atoms with Gasteiger partial charge in [0.05, 0.1) is 6.42 Å². The standard InChI is InChI=1S/C18H18F2N2O2/c1-11-4-3-5-16(6-11)22-18(24)12(2)21-17(23)9-13-7-14(19)10-15(20)8-13/h3-8,10,12H,9H2,1-2H3,(H,21,23)(H,22,24)/t12-/m0/s1. The van der Waals surface area contributed by atoms with Crippen molar-refractivity contribution >= 4 is 17.5 Å². The Morgan fingerprint density at radius 1 is 1.08 bits per heavy atom. The zero-order chi connectivity index (χ0) is 17.7. The molecule has 24 heavy (non-hydrogen) atoms. The van der Waals surface area contributed by atoms with Crippen molar-refractivity contribution in [1.29, 1.82) is 0 Å². The molecule has 2 aromatic carbocycles. The number of nitrogens with one attached hydrogen (secondary N) is 2. The second-order valence-corrected chi connectivity index (χ2v) is 5.60. The van der Waals surface area contributed by atoms with Crippen LogP contribution in [0.1, 0.15) is 18.1 Å². The van der Waals surface area contributed by atoms with Crippen LogP contribution in [0.15, 0.2) is 42.5 Å². The highest BCUT2D eigenvalue weighted by Gasteiger charge is 2.16. The van der Waals surface area contributed by atoms with Crippen LogP contribution in [-0.4, -0.2) is 17.9 Å². The molecule has 0 aliphatic carbocycles. The van der Waals surface area contributed by atoms with Crippen molar-refractivity contribution < 1.29 is 18.4 Å². The number of rotatable bonds is 5. The van der Waals surface area contributed by atoms with Gasteiger partial charge in [-0.25, -0.2) is 8.78 Å². The van der Waals surface area contributed by atoms with Gasteiger partial charge in [0, 0.05) is 11.8 Å². The minimum Gasteiger partial charge on any atom is -0.344 e. The van der Waals surface area contributed by atoms with E-state index in [-0.39, 0.29) is 17.9 Å². The van der Waals surface area contributed by atoms with Crippen LogP contribution in [0.5, 0.6) is 0 Å². The summed E-state index contributed by atoms with van der Waals surface area (Å²) in [5, 5.41) is 5.20. The van der Waals surface area contributed by atoms with Gasteiger partial charge in [-0.05, 0) is 49.2 Å². The number of amides is 2. The number of carbonyl (C=O) groups is 2. The van der Waals surface area contributed by atoms with Gasteiger partial charge in [0.1, 0.15) is 17.7 Å². The van der Waals surface area contributed by atoms with Crippen molar-refractivity contribution in [2.45, 2.75) is 26.3 Å². The number of anilines is 1. The molecule has 0 bridgehead atoms. The lowest BCUT2D eigenvalue weighted by atomic mass is 10.1. The summed E-state index contributed by atoms with van der Waals surface area (Å²) in [7, 11) is 0. The fraction of sp³-hybridized carbons (Fsp3) is 0.222. The van der Waals surface area contributed by atoms with Crippen LogP contribution in [0.25, 0.3) is 0 Å². The topological polar surface area (TPSA) is 58.2 Å². The average Bonchev–Trinajstić information content (AvgIpc) is 2.45. The first-order chi connectivity index (χ1) is 11.3. The quantitative estimate of drug-likeness (QED) is 0.884. The smallest absolute Gasteiger partial charge is 0.246 e. The fourth-order valence-corrected chi connectivity index (χ4v) is 2.23. The van der Waals surface area contributed by atoms with E-state index in [0.29, 0.717) is 5.69 Å². The first-order valence-electron chi connectivity index (χ1n) is 7.45. The van der Waals surface area contributed by atoms with Gasteiger partial charge in [-0.1, -0.05) is 12.1 Å². The number of benzene rings is 2. The third-order valence-electron chi connectivity index (χ3n) is 3.34. The molecule has 4 nitrogen and oxygen atoms in total. The average molecular weight is 332 g/mol. The Hall–Kier alpha value is -2.76. The Kier molecular flexibility index (Phi) is 5.63. The highest BCUT2D eigenvalue weighted by Crippen LogP contribution is 2.10. The molecule has 0 spiro atoms. The first kappa shape index (κ1) is 17.6. The first-order valence-corrected chi connectivity index (χ1v) is 7.45. The summed E-state index contributed by atoms with van der Waals surface area (Å²) >= 11 is 0. The summed E-state index contributed by atoms with van der Waals surface area (Å²) in [4.78, 5) is 24.0. The van der Waals surface area contributed by atoms with Gasteiger partial charge in [-0.3, -0.25) is 9.59 Å². The normalized spacial score (nSPS) is 11.7. The summed E-state index contributed by atoms with van der Waals surface area (Å²) in [5.74, 6) is -2.36. The molecule has 2 N–H and O–H groups in total. The molecule has 2 rings (SSSR count). The molecule has 0 radical (unpaired) electrons. The fourth-order valence-electron chi connectivity index (χ4n) is 2.23. The van der Waals surface area contributed by atoms with Gasteiger partial charge >= 0.3 is 0 Å². The van der Waals surface area contributed by atoms with Crippen molar-refractivity contribution in [3.8, 4) is 0 Å². The van der Waals surface area contributed by atoms with Crippen LogP contribution in [-0.2, 0) is 16.0 Å². The molecule has 0 unspecified atom stereocenters. The summed E-state index contributed by atoms with van der Waals surface area (Å²) < 4.78 is 26.2. The lowest BCUT2D eigenvalue weighted by Gasteiger charge is -2.14. The van der Waals surface area contributed by atoms with E-state index in [1.165, 1.54) is 6.92 Å². The minimum atomic E-state index is -0.781. The number of hydrogen-bond acceptors (Lipinski definition) is 2. The SMILES string of the molecule is Cc1cccc(NC(=O)[C@H](C)NC(=O)Cc2cc(F)cc(F)c2)c1. The van der Waals surface area contributed by atoms with Gasteiger partial charge < -0.3 is 10.6 Å². The van der Waals surface area contributed by atoms with Gasteiger partial charge in [-0.2, -0.15) is 0 Å². The Balaban J connectivity index is 1.91. The maximum Gasteiger partial charge on any atom is 0.246 e. The molecular weight excluding hydrogens is 314 g/mol. The zero-order valence-corrected chi connectivity index (χ0v) is 13.4. The van der Waals surface area contributed by atoms with E-state index in [1.54, 1.807) is 6.07 Å². The number of hydrogen-bond donors (Lipinski definition) is 2. The van der Waals surface area contributed by atoms with Gasteiger partial charge in [0.25, 0.3) is 0 Å². The molecule has 0 aliphatic rings. The number of halogens is 2. The van der Waals surface area contributed by atoms with E-state index in [4.69, 9.17) is 0 Å². The molecule has 2 aromatic rings. The maximum absolute atomic E-state index is 13.1. The number of aryl methyl sites for hydroxylation is 1. The highest BCUT2D eigenvalue weighted by atomic mass is 19.1. The Labute approximate surface area is 138 Å². The van der Waals surface area contributed by atoms with Crippen molar-refractivity contribution in [2.75, 3.05) is 5.32 Å². The van der Waals surface area contributed by atoms with E-state index in [2.05, 4.69) is 10.6 Å². The molecule has 1 atom stereocenters. The van der Waals surface area contributed by atoms with Crippen LogP contribution in [0.2, 0.25) is 0 Å². The van der Waals surface area contributed by atoms with Crippen LogP contribution in [0.4, 0.5) is 14.5 Å². The van der Waals surface area contributed by atoms with Crippen LogP contribution >= 0.6 is 0 Å². The molecule has 0 aliphatic heterocycles. The summed E-state index contributed by atoms with van der Waals surface area (Å²) in [5.41, 5.74) is 1.84. The second-order valence-electron chi connectivity index (χ2n) is 5.60. The van der Waals surface area contributed by atoms with Crippen molar-refractivity contribution in [1.82, 2.24) is 5.32 Å². The Bertz CT molecular complexity index is 742. The minimum absolute atomic E-state index is 0.205. The van der Waals surface area contributed by atoms with E-state index >= 15 is 0 Å².